The van der Waals surface area contributed by atoms with Crippen LogP contribution in [0, 0.1) is 0 Å². The molecule has 0 aromatic carbocycles. The van der Waals surface area contributed by atoms with Crippen molar-refractivity contribution in [2.24, 2.45) is 5.73 Å². The topological polar surface area (TPSA) is 142 Å². The third kappa shape index (κ3) is 3.11. The van der Waals surface area contributed by atoms with Gasteiger partial charge in [-0.15, -0.1) is 0 Å². The first-order valence-electron chi connectivity index (χ1n) is 5.97. The summed E-state index contributed by atoms with van der Waals surface area (Å²) in [6.07, 6.45) is 3.11. The second kappa shape index (κ2) is 5.94. The lowest BCUT2D eigenvalue weighted by Crippen LogP contribution is -2.37. The molecule has 0 radical (unpaired) electrons. The largest absolute Gasteiger partial charge is 0.452 e. The molecule has 0 atom stereocenters. The second-order valence-electron chi connectivity index (χ2n) is 3.93. The van der Waals surface area contributed by atoms with Gasteiger partial charge in [0.2, 0.25) is 0 Å². The van der Waals surface area contributed by atoms with Crippen LogP contribution in [-0.4, -0.2) is 44.1 Å². The van der Waals surface area contributed by atoms with Gasteiger partial charge in [0.05, 0.1) is 11.3 Å². The molecule has 110 valence electrons. The van der Waals surface area contributed by atoms with Crippen molar-refractivity contribution in [2.75, 3.05) is 6.61 Å². The average Bonchev–Trinajstić information content (AvgIpc) is 2.91. The third-order valence-electron chi connectivity index (χ3n) is 2.56. The second-order valence-corrected chi connectivity index (χ2v) is 3.93. The zero-order valence-corrected chi connectivity index (χ0v) is 11.1. The van der Waals surface area contributed by atoms with Gasteiger partial charge < -0.3 is 10.5 Å². The number of nitrogens with one attached hydrogen (secondary N) is 1. The number of urea groups is 1. The standard InChI is InChI=1S/C11H12N6O4/c1-2-7-6(3-13-11-14-5-15-17(7)11)9(19)21-4-8(18)16-10(12)20/h3,5H,2,4H2,1H3,(H3,12,16,18,20). The number of carbonyl (C=O) groups excluding carboxylic acids is 3. The highest BCUT2D eigenvalue weighted by atomic mass is 16.5. The molecule has 2 rings (SSSR count). The zero-order valence-electron chi connectivity index (χ0n) is 11.1. The van der Waals surface area contributed by atoms with Gasteiger partial charge in [-0.2, -0.15) is 10.1 Å². The number of ether oxygens (including phenoxy) is 1. The molecule has 0 bridgehead atoms. The minimum Gasteiger partial charge on any atom is -0.452 e. The molecule has 0 saturated carbocycles. The summed E-state index contributed by atoms with van der Waals surface area (Å²) in [7, 11) is 0. The van der Waals surface area contributed by atoms with Crippen molar-refractivity contribution in [2.45, 2.75) is 13.3 Å². The maximum atomic E-state index is 12.0. The normalized spacial score (nSPS) is 10.3. The highest BCUT2D eigenvalue weighted by Crippen LogP contribution is 2.11. The van der Waals surface area contributed by atoms with Crippen LogP contribution in [0.15, 0.2) is 12.5 Å². The number of carbonyl (C=O) groups is 3. The molecule has 0 saturated heterocycles. The molecule has 10 heteroatoms. The number of imide groups is 1. The van der Waals surface area contributed by atoms with Crippen molar-refractivity contribution in [3.63, 3.8) is 0 Å². The molecule has 0 spiro atoms. The molecule has 2 heterocycles. The fraction of sp³-hybridized carbons (Fsp3) is 0.273. The maximum absolute atomic E-state index is 12.0. The predicted molar refractivity (Wildman–Crippen MR) is 68.2 cm³/mol. The first kappa shape index (κ1) is 14.4. The quantitative estimate of drug-likeness (QED) is 0.691. The van der Waals surface area contributed by atoms with Gasteiger partial charge in [0.1, 0.15) is 6.33 Å². The number of hydrogen-bond acceptors (Lipinski definition) is 7. The number of rotatable bonds is 4. The van der Waals surface area contributed by atoms with Crippen LogP contribution in [0.5, 0.6) is 0 Å². The van der Waals surface area contributed by atoms with Crippen molar-refractivity contribution >= 4 is 23.7 Å². The van der Waals surface area contributed by atoms with Gasteiger partial charge in [-0.05, 0) is 6.42 Å². The van der Waals surface area contributed by atoms with Crippen LogP contribution in [0.2, 0.25) is 0 Å². The lowest BCUT2D eigenvalue weighted by atomic mass is 10.2. The summed E-state index contributed by atoms with van der Waals surface area (Å²) in [6, 6.07) is -1.02. The molecule has 2 aromatic heterocycles. The highest BCUT2D eigenvalue weighted by Gasteiger charge is 2.18. The first-order valence-corrected chi connectivity index (χ1v) is 5.97. The summed E-state index contributed by atoms with van der Waals surface area (Å²) in [4.78, 5) is 41.5. The van der Waals surface area contributed by atoms with E-state index in [0.29, 0.717) is 17.9 Å². The Bertz CT molecular complexity index is 710. The van der Waals surface area contributed by atoms with Gasteiger partial charge in [0, 0.05) is 6.20 Å². The van der Waals surface area contributed by atoms with Gasteiger partial charge >= 0.3 is 12.0 Å². The number of aryl methyl sites for hydroxylation is 1. The van der Waals surface area contributed by atoms with Crippen LogP contribution in [0.4, 0.5) is 4.79 Å². The van der Waals surface area contributed by atoms with Gasteiger partial charge in [-0.3, -0.25) is 10.1 Å². The minimum atomic E-state index is -1.02. The molecule has 0 unspecified atom stereocenters. The fourth-order valence-electron chi connectivity index (χ4n) is 1.72. The number of esters is 1. The number of hydrogen-bond donors (Lipinski definition) is 2. The van der Waals surface area contributed by atoms with Crippen molar-refractivity contribution in [3.8, 4) is 0 Å². The van der Waals surface area contributed by atoms with Crippen molar-refractivity contribution in [1.29, 1.82) is 0 Å². The fourth-order valence-corrected chi connectivity index (χ4v) is 1.72. The first-order chi connectivity index (χ1) is 10.0. The van der Waals surface area contributed by atoms with E-state index in [1.165, 1.54) is 17.0 Å². The summed E-state index contributed by atoms with van der Waals surface area (Å²) in [5, 5.41) is 5.75. The van der Waals surface area contributed by atoms with Gasteiger partial charge in [-0.25, -0.2) is 19.1 Å². The van der Waals surface area contributed by atoms with E-state index in [1.54, 1.807) is 5.32 Å². The van der Waals surface area contributed by atoms with Crippen LogP contribution in [0.3, 0.4) is 0 Å². The van der Waals surface area contributed by atoms with E-state index in [4.69, 9.17) is 10.5 Å². The van der Waals surface area contributed by atoms with Crippen LogP contribution in [0.1, 0.15) is 23.0 Å². The van der Waals surface area contributed by atoms with Crippen LogP contribution >= 0.6 is 0 Å². The molecule has 0 aliphatic carbocycles. The van der Waals surface area contributed by atoms with Crippen LogP contribution in [0.25, 0.3) is 5.78 Å². The Morgan fingerprint density at radius 2 is 2.14 bits per heavy atom. The lowest BCUT2D eigenvalue weighted by Gasteiger charge is -2.08. The molecule has 3 N–H and O–H groups in total. The molecule has 0 aliphatic heterocycles. The molecule has 10 nitrogen and oxygen atoms in total. The maximum Gasteiger partial charge on any atom is 0.342 e. The average molecular weight is 292 g/mol. The number of primary amides is 1. The Hall–Kier alpha value is -3.04. The molecule has 0 aliphatic rings. The van der Waals surface area contributed by atoms with Gasteiger partial charge in [0.15, 0.2) is 6.61 Å². The Morgan fingerprint density at radius 3 is 2.81 bits per heavy atom. The zero-order chi connectivity index (χ0) is 15.4. The number of nitrogens with two attached hydrogens (primary N) is 1. The van der Waals surface area contributed by atoms with E-state index in [-0.39, 0.29) is 5.56 Å². The van der Waals surface area contributed by atoms with Crippen molar-refractivity contribution in [1.82, 2.24) is 24.9 Å². The molecule has 21 heavy (non-hydrogen) atoms. The van der Waals surface area contributed by atoms with Crippen LogP contribution in [-0.2, 0) is 16.0 Å². The number of aromatic nitrogens is 4. The van der Waals surface area contributed by atoms with E-state index in [1.807, 2.05) is 6.92 Å². The SMILES string of the molecule is CCc1c(C(=O)OCC(=O)NC(N)=O)cnc2ncnn12. The van der Waals surface area contributed by atoms with E-state index < -0.39 is 24.5 Å². The van der Waals surface area contributed by atoms with Crippen molar-refractivity contribution in [3.05, 3.63) is 23.8 Å². The summed E-state index contributed by atoms with van der Waals surface area (Å²) >= 11 is 0. The smallest absolute Gasteiger partial charge is 0.342 e. The van der Waals surface area contributed by atoms with E-state index >= 15 is 0 Å². The van der Waals surface area contributed by atoms with Gasteiger partial charge in [0.25, 0.3) is 11.7 Å². The Balaban J connectivity index is 2.15. The van der Waals surface area contributed by atoms with E-state index in [2.05, 4.69) is 15.1 Å². The van der Waals surface area contributed by atoms with Gasteiger partial charge in [-0.1, -0.05) is 6.92 Å². The number of nitrogens with zero attached hydrogens (tertiary/aromatic N) is 4. The minimum absolute atomic E-state index is 0.169. The summed E-state index contributed by atoms with van der Waals surface area (Å²) < 4.78 is 6.22. The van der Waals surface area contributed by atoms with E-state index in [0.717, 1.165) is 0 Å². The summed E-state index contributed by atoms with van der Waals surface area (Å²) in [5.74, 6) is -1.21. The highest BCUT2D eigenvalue weighted by molar-refractivity contribution is 5.96. The monoisotopic (exact) mass is 292 g/mol. The lowest BCUT2D eigenvalue weighted by molar-refractivity contribution is -0.123. The summed E-state index contributed by atoms with van der Waals surface area (Å²) in [6.45, 7) is 1.20. The molecule has 3 amide bonds. The van der Waals surface area contributed by atoms with Crippen molar-refractivity contribution < 1.29 is 19.1 Å². The molecular weight excluding hydrogens is 280 g/mol. The Morgan fingerprint density at radius 1 is 1.38 bits per heavy atom. The van der Waals surface area contributed by atoms with Crippen LogP contribution < -0.4 is 11.1 Å². The Kier molecular flexibility index (Phi) is 4.07. The molecular formula is C11H12N6O4. The number of amides is 3. The number of fused-ring (bicyclic) bond motifs is 1. The molecule has 2 aromatic rings. The van der Waals surface area contributed by atoms with E-state index in [9.17, 15) is 14.4 Å². The summed E-state index contributed by atoms with van der Waals surface area (Å²) in [5.41, 5.74) is 5.49. The predicted octanol–water partition coefficient (Wildman–Crippen LogP) is -0.962. The molecule has 0 fully saturated rings. The third-order valence-corrected chi connectivity index (χ3v) is 2.56. The Labute approximate surface area is 118 Å².